The number of rotatable bonds is 2. The summed E-state index contributed by atoms with van der Waals surface area (Å²) in [5.74, 6) is -3.62. The average Bonchev–Trinajstić information content (AvgIpc) is 2.44. The van der Waals surface area contributed by atoms with Crippen molar-refractivity contribution in [1.82, 2.24) is 9.13 Å². The fraction of sp³-hybridized carbons (Fsp3) is 0.167. The molecule has 0 fully saturated rings. The minimum Gasteiger partial charge on any atom is -0.292 e. The molecule has 0 unspecified atom stereocenters. The first kappa shape index (κ1) is 18.6. The zero-order valence-corrected chi connectivity index (χ0v) is 12.7. The third-order valence-corrected chi connectivity index (χ3v) is 3.43. The van der Waals surface area contributed by atoms with Gasteiger partial charge in [0, 0.05) is 19.2 Å². The number of hydrogen-bond donors (Lipinski definition) is 0. The lowest BCUT2D eigenvalue weighted by atomic mass is 10.2. The molecule has 0 bridgehead atoms. The van der Waals surface area contributed by atoms with Gasteiger partial charge in [0.25, 0.3) is 5.56 Å². The first-order valence-corrected chi connectivity index (χ1v) is 6.48. The molecule has 0 spiro atoms. The van der Waals surface area contributed by atoms with E-state index in [4.69, 9.17) is 11.6 Å². The summed E-state index contributed by atoms with van der Waals surface area (Å²) >= 11 is 5.34. The SMILES string of the molecule is Cn1c(C(F)(F)F)cc(=O)n(-c2c(F)cc(Cl)c([N+](=O)[O-])c2F)c1=O. The molecule has 2 aromatic rings. The van der Waals surface area contributed by atoms with E-state index in [2.05, 4.69) is 0 Å². The summed E-state index contributed by atoms with van der Waals surface area (Å²) in [4.78, 5) is 33.3. The standard InChI is InChI=1S/C12H5ClF5N3O4/c1-19-6(12(16,17)18)3-7(22)20(11(19)23)10-5(14)2-4(13)9(8(10)15)21(24)25/h2-3H,1H3. The lowest BCUT2D eigenvalue weighted by molar-refractivity contribution is -0.387. The lowest BCUT2D eigenvalue weighted by Crippen LogP contribution is -2.41. The Labute approximate surface area is 138 Å². The van der Waals surface area contributed by atoms with Crippen molar-refractivity contribution >= 4 is 17.3 Å². The second-order valence-electron chi connectivity index (χ2n) is 4.65. The van der Waals surface area contributed by atoms with E-state index in [0.717, 1.165) is 0 Å². The highest BCUT2D eigenvalue weighted by molar-refractivity contribution is 6.32. The molecular weight excluding hydrogens is 381 g/mol. The molecule has 134 valence electrons. The smallest absolute Gasteiger partial charge is 0.292 e. The van der Waals surface area contributed by atoms with E-state index in [1.54, 1.807) is 0 Å². The van der Waals surface area contributed by atoms with Crippen molar-refractivity contribution in [3.63, 3.8) is 0 Å². The van der Waals surface area contributed by atoms with E-state index < -0.39 is 56.1 Å². The third-order valence-electron chi connectivity index (χ3n) is 3.14. The van der Waals surface area contributed by atoms with Crippen LogP contribution < -0.4 is 11.2 Å². The van der Waals surface area contributed by atoms with Crippen LogP contribution in [0.3, 0.4) is 0 Å². The van der Waals surface area contributed by atoms with Gasteiger partial charge in [-0.25, -0.2) is 13.8 Å². The summed E-state index contributed by atoms with van der Waals surface area (Å²) < 4.78 is 66.2. The van der Waals surface area contributed by atoms with Crippen molar-refractivity contribution in [2.45, 2.75) is 6.18 Å². The normalized spacial score (nSPS) is 11.6. The van der Waals surface area contributed by atoms with Gasteiger partial charge in [0.1, 0.15) is 16.4 Å². The molecule has 0 N–H and O–H groups in total. The largest absolute Gasteiger partial charge is 0.431 e. The Bertz CT molecular complexity index is 1010. The zero-order chi connectivity index (χ0) is 19.3. The fourth-order valence-corrected chi connectivity index (χ4v) is 2.29. The maximum absolute atomic E-state index is 14.3. The van der Waals surface area contributed by atoms with Crippen molar-refractivity contribution < 1.29 is 26.9 Å². The van der Waals surface area contributed by atoms with Gasteiger partial charge in [-0.1, -0.05) is 11.6 Å². The Morgan fingerprint density at radius 2 is 1.76 bits per heavy atom. The highest BCUT2D eigenvalue weighted by Crippen LogP contribution is 2.33. The van der Waals surface area contributed by atoms with Gasteiger partial charge in [-0.3, -0.25) is 19.5 Å². The Kier molecular flexibility index (Phi) is 4.42. The highest BCUT2D eigenvalue weighted by atomic mass is 35.5. The summed E-state index contributed by atoms with van der Waals surface area (Å²) in [5.41, 5.74) is -8.09. The van der Waals surface area contributed by atoms with Crippen LogP contribution in [0.5, 0.6) is 0 Å². The summed E-state index contributed by atoms with van der Waals surface area (Å²) in [7, 11) is 0.612. The number of nitro groups is 1. The molecule has 0 aliphatic heterocycles. The Hall–Kier alpha value is -2.76. The molecule has 0 radical (unpaired) electrons. The van der Waals surface area contributed by atoms with Crippen LogP contribution in [0, 0.1) is 21.7 Å². The number of alkyl halides is 3. The third kappa shape index (κ3) is 2.99. The average molecular weight is 386 g/mol. The van der Waals surface area contributed by atoms with E-state index in [-0.39, 0.29) is 21.3 Å². The summed E-state index contributed by atoms with van der Waals surface area (Å²) in [6.07, 6.45) is -5.09. The van der Waals surface area contributed by atoms with Crippen LogP contribution in [-0.4, -0.2) is 14.1 Å². The molecule has 0 aliphatic carbocycles. The molecule has 0 amide bonds. The second-order valence-corrected chi connectivity index (χ2v) is 5.06. The Morgan fingerprint density at radius 1 is 1.20 bits per heavy atom. The van der Waals surface area contributed by atoms with Crippen molar-refractivity contribution in [1.29, 1.82) is 0 Å². The predicted molar refractivity (Wildman–Crippen MR) is 73.9 cm³/mol. The van der Waals surface area contributed by atoms with E-state index in [1.165, 1.54) is 0 Å². The van der Waals surface area contributed by atoms with Crippen molar-refractivity contribution in [2.75, 3.05) is 0 Å². The fourth-order valence-electron chi connectivity index (χ4n) is 2.05. The quantitative estimate of drug-likeness (QED) is 0.451. The molecule has 0 saturated carbocycles. The first-order valence-electron chi connectivity index (χ1n) is 6.10. The maximum atomic E-state index is 14.3. The molecule has 1 aromatic carbocycles. The van der Waals surface area contributed by atoms with Crippen LogP contribution in [-0.2, 0) is 13.2 Å². The molecule has 13 heteroatoms. The van der Waals surface area contributed by atoms with Crippen molar-refractivity contribution in [3.8, 4) is 5.69 Å². The van der Waals surface area contributed by atoms with Crippen LogP contribution in [0.4, 0.5) is 27.6 Å². The first-order chi connectivity index (χ1) is 11.4. The Balaban J connectivity index is 2.98. The van der Waals surface area contributed by atoms with Crippen LogP contribution >= 0.6 is 11.6 Å². The van der Waals surface area contributed by atoms with Gasteiger partial charge in [-0.15, -0.1) is 0 Å². The molecule has 2 rings (SSSR count). The summed E-state index contributed by atoms with van der Waals surface area (Å²) in [5, 5.41) is 9.84. The number of aromatic nitrogens is 2. The van der Waals surface area contributed by atoms with Crippen LogP contribution in [0.25, 0.3) is 5.69 Å². The maximum Gasteiger partial charge on any atom is 0.431 e. The van der Waals surface area contributed by atoms with Gasteiger partial charge < -0.3 is 0 Å². The van der Waals surface area contributed by atoms with Gasteiger partial charge in [-0.2, -0.15) is 17.6 Å². The number of nitrogens with zero attached hydrogens (tertiary/aromatic N) is 3. The number of hydrogen-bond acceptors (Lipinski definition) is 4. The molecule has 0 saturated heterocycles. The number of halogens is 6. The van der Waals surface area contributed by atoms with Crippen LogP contribution in [0.1, 0.15) is 5.69 Å². The van der Waals surface area contributed by atoms with E-state index in [9.17, 15) is 41.7 Å². The highest BCUT2D eigenvalue weighted by Gasteiger charge is 2.36. The van der Waals surface area contributed by atoms with Gasteiger partial charge in [0.15, 0.2) is 5.82 Å². The second kappa shape index (κ2) is 5.95. The van der Waals surface area contributed by atoms with Crippen LogP contribution in [0.15, 0.2) is 21.7 Å². The number of benzene rings is 1. The zero-order valence-electron chi connectivity index (χ0n) is 11.9. The lowest BCUT2D eigenvalue weighted by Gasteiger charge is -2.14. The predicted octanol–water partition coefficient (Wildman–Crippen LogP) is 2.39. The summed E-state index contributed by atoms with van der Waals surface area (Å²) in [6.45, 7) is 0. The molecule has 7 nitrogen and oxygen atoms in total. The molecular formula is C12H5ClF5N3O4. The van der Waals surface area contributed by atoms with E-state index >= 15 is 0 Å². The molecule has 25 heavy (non-hydrogen) atoms. The van der Waals surface area contributed by atoms with Gasteiger partial charge in [0.2, 0.25) is 5.82 Å². The Morgan fingerprint density at radius 3 is 2.24 bits per heavy atom. The van der Waals surface area contributed by atoms with Gasteiger partial charge >= 0.3 is 17.6 Å². The molecule has 0 aliphatic rings. The molecule has 0 atom stereocenters. The van der Waals surface area contributed by atoms with Crippen molar-refractivity contribution in [3.05, 3.63) is 65.4 Å². The van der Waals surface area contributed by atoms with Gasteiger partial charge in [-0.05, 0) is 0 Å². The van der Waals surface area contributed by atoms with E-state index in [1.807, 2.05) is 0 Å². The van der Waals surface area contributed by atoms with Crippen LogP contribution in [0.2, 0.25) is 5.02 Å². The topological polar surface area (TPSA) is 87.1 Å². The minimum absolute atomic E-state index is 0.0687. The minimum atomic E-state index is -5.09. The van der Waals surface area contributed by atoms with E-state index in [0.29, 0.717) is 7.05 Å². The monoisotopic (exact) mass is 385 g/mol. The molecule has 1 aromatic heterocycles. The molecule has 1 heterocycles. The van der Waals surface area contributed by atoms with Crippen molar-refractivity contribution in [2.24, 2.45) is 7.05 Å². The van der Waals surface area contributed by atoms with Gasteiger partial charge in [0.05, 0.1) is 4.92 Å². The number of nitro benzene ring substituents is 1. The summed E-state index contributed by atoms with van der Waals surface area (Å²) in [6, 6.07) is 0.197.